The normalized spacial score (nSPS) is 13.6. The largest absolute Gasteiger partial charge is 0.343 e. The highest BCUT2D eigenvalue weighted by Crippen LogP contribution is 2.21. The Kier molecular flexibility index (Phi) is 5.31. The summed E-state index contributed by atoms with van der Waals surface area (Å²) in [6.45, 7) is 2.54. The zero-order chi connectivity index (χ0) is 18.5. The summed E-state index contributed by atoms with van der Waals surface area (Å²) < 4.78 is 0. The van der Waals surface area contributed by atoms with E-state index in [-0.39, 0.29) is 24.3 Å². The number of amides is 3. The molecule has 1 heterocycles. The predicted octanol–water partition coefficient (Wildman–Crippen LogP) is 2.49. The van der Waals surface area contributed by atoms with Crippen LogP contribution >= 0.6 is 0 Å². The van der Waals surface area contributed by atoms with Crippen LogP contribution in [0.3, 0.4) is 0 Å². The van der Waals surface area contributed by atoms with Gasteiger partial charge in [0, 0.05) is 29.9 Å². The lowest BCUT2D eigenvalue weighted by molar-refractivity contribution is -0.117. The quantitative estimate of drug-likeness (QED) is 0.869. The molecule has 1 aliphatic heterocycles. The topological polar surface area (TPSA) is 78.5 Å². The molecule has 0 bridgehead atoms. The molecular weight excluding hydrogens is 330 g/mol. The van der Waals surface area contributed by atoms with Crippen LogP contribution in [0.25, 0.3) is 0 Å². The average Bonchev–Trinajstić information content (AvgIpc) is 3.06. The van der Waals surface area contributed by atoms with Gasteiger partial charge in [-0.3, -0.25) is 14.4 Å². The van der Waals surface area contributed by atoms with E-state index in [2.05, 4.69) is 10.6 Å². The van der Waals surface area contributed by atoms with Gasteiger partial charge in [-0.1, -0.05) is 12.1 Å². The van der Waals surface area contributed by atoms with Gasteiger partial charge in [-0.25, -0.2) is 0 Å². The van der Waals surface area contributed by atoms with E-state index in [4.69, 9.17) is 0 Å². The minimum Gasteiger partial charge on any atom is -0.343 e. The summed E-state index contributed by atoms with van der Waals surface area (Å²) in [5.74, 6) is -0.512. The Labute approximate surface area is 152 Å². The van der Waals surface area contributed by atoms with Crippen LogP contribution in [-0.2, 0) is 9.59 Å². The van der Waals surface area contributed by atoms with E-state index >= 15 is 0 Å². The number of nitrogens with one attached hydrogen (secondary N) is 2. The van der Waals surface area contributed by atoms with Gasteiger partial charge in [0.25, 0.3) is 5.91 Å². The maximum atomic E-state index is 12.2. The standard InChI is InChI=1S/C20H21N3O3/c1-14-4-2-5-16(12-14)22-18(24)13-21-20(26)15-7-9-17(10-8-15)23-11-3-6-19(23)25/h2,4-5,7-10,12H,3,6,11,13H2,1H3,(H,21,26)(H,22,24). The van der Waals surface area contributed by atoms with Crippen molar-refractivity contribution in [2.45, 2.75) is 19.8 Å². The summed E-state index contributed by atoms with van der Waals surface area (Å²) in [7, 11) is 0. The molecule has 134 valence electrons. The monoisotopic (exact) mass is 351 g/mol. The molecule has 0 aliphatic carbocycles. The van der Waals surface area contributed by atoms with E-state index in [1.807, 2.05) is 25.1 Å². The van der Waals surface area contributed by atoms with E-state index < -0.39 is 0 Å². The molecule has 2 N–H and O–H groups in total. The first-order valence-corrected chi connectivity index (χ1v) is 8.58. The Hall–Kier alpha value is -3.15. The summed E-state index contributed by atoms with van der Waals surface area (Å²) in [6, 6.07) is 14.3. The molecule has 0 atom stereocenters. The maximum absolute atomic E-state index is 12.2. The molecular formula is C20H21N3O3. The maximum Gasteiger partial charge on any atom is 0.251 e. The Morgan fingerprint density at radius 3 is 2.54 bits per heavy atom. The molecule has 2 aromatic rings. The van der Waals surface area contributed by atoms with Crippen LogP contribution < -0.4 is 15.5 Å². The molecule has 1 fully saturated rings. The molecule has 0 radical (unpaired) electrons. The minimum atomic E-state index is -0.330. The molecule has 3 rings (SSSR count). The highest BCUT2D eigenvalue weighted by molar-refractivity contribution is 6.00. The minimum absolute atomic E-state index is 0.107. The molecule has 0 unspecified atom stereocenters. The van der Waals surface area contributed by atoms with Crippen molar-refractivity contribution in [3.8, 4) is 0 Å². The number of carbonyl (C=O) groups is 3. The van der Waals surface area contributed by atoms with Gasteiger partial charge >= 0.3 is 0 Å². The molecule has 2 aromatic carbocycles. The molecule has 6 heteroatoms. The summed E-state index contributed by atoms with van der Waals surface area (Å²) in [4.78, 5) is 37.6. The van der Waals surface area contributed by atoms with Gasteiger partial charge in [-0.2, -0.15) is 0 Å². The van der Waals surface area contributed by atoms with Crippen LogP contribution in [0.4, 0.5) is 11.4 Å². The Morgan fingerprint density at radius 1 is 1.12 bits per heavy atom. The third kappa shape index (κ3) is 4.27. The third-order valence-electron chi connectivity index (χ3n) is 4.23. The van der Waals surface area contributed by atoms with Gasteiger partial charge in [0.05, 0.1) is 6.54 Å². The summed E-state index contributed by atoms with van der Waals surface area (Å²) in [6.07, 6.45) is 1.43. The van der Waals surface area contributed by atoms with E-state index in [1.165, 1.54) is 0 Å². The molecule has 3 amide bonds. The van der Waals surface area contributed by atoms with Crippen molar-refractivity contribution in [1.29, 1.82) is 0 Å². The lowest BCUT2D eigenvalue weighted by atomic mass is 10.2. The smallest absolute Gasteiger partial charge is 0.251 e. The van der Waals surface area contributed by atoms with Gasteiger partial charge in [-0.05, 0) is 55.3 Å². The Bertz CT molecular complexity index is 830. The van der Waals surface area contributed by atoms with E-state index in [0.717, 1.165) is 17.7 Å². The molecule has 0 aromatic heterocycles. The van der Waals surface area contributed by atoms with Crippen LogP contribution in [0.15, 0.2) is 48.5 Å². The van der Waals surface area contributed by atoms with Crippen LogP contribution in [0.5, 0.6) is 0 Å². The summed E-state index contributed by atoms with van der Waals surface area (Å²) in [5, 5.41) is 5.34. The second-order valence-electron chi connectivity index (χ2n) is 6.30. The highest BCUT2D eigenvalue weighted by Gasteiger charge is 2.21. The number of carbonyl (C=O) groups excluding carboxylic acids is 3. The fourth-order valence-electron chi connectivity index (χ4n) is 2.90. The number of aryl methyl sites for hydroxylation is 1. The number of rotatable bonds is 5. The van der Waals surface area contributed by atoms with Gasteiger partial charge < -0.3 is 15.5 Å². The first kappa shape index (κ1) is 17.7. The zero-order valence-corrected chi connectivity index (χ0v) is 14.6. The van der Waals surface area contributed by atoms with Gasteiger partial charge in [-0.15, -0.1) is 0 Å². The number of anilines is 2. The van der Waals surface area contributed by atoms with Crippen LogP contribution in [0, 0.1) is 6.92 Å². The number of benzene rings is 2. The Balaban J connectivity index is 1.53. The first-order chi connectivity index (χ1) is 12.5. The molecule has 6 nitrogen and oxygen atoms in total. The summed E-state index contributed by atoms with van der Waals surface area (Å²) in [5.41, 5.74) is 2.98. The van der Waals surface area contributed by atoms with Crippen LogP contribution in [-0.4, -0.2) is 30.8 Å². The fourth-order valence-corrected chi connectivity index (χ4v) is 2.90. The second kappa shape index (κ2) is 7.82. The van der Waals surface area contributed by atoms with Gasteiger partial charge in [0.1, 0.15) is 0 Å². The van der Waals surface area contributed by atoms with Crippen molar-refractivity contribution in [3.63, 3.8) is 0 Å². The van der Waals surface area contributed by atoms with Gasteiger partial charge in [0.2, 0.25) is 11.8 Å². The fraction of sp³-hybridized carbons (Fsp3) is 0.250. The summed E-state index contributed by atoms with van der Waals surface area (Å²) >= 11 is 0. The lowest BCUT2D eigenvalue weighted by Crippen LogP contribution is -2.32. The van der Waals surface area contributed by atoms with E-state index in [1.54, 1.807) is 35.2 Å². The first-order valence-electron chi connectivity index (χ1n) is 8.58. The molecule has 1 aliphatic rings. The zero-order valence-electron chi connectivity index (χ0n) is 14.6. The van der Waals surface area contributed by atoms with Crippen molar-refractivity contribution in [2.75, 3.05) is 23.3 Å². The molecule has 0 spiro atoms. The number of nitrogens with zero attached hydrogens (tertiary/aromatic N) is 1. The second-order valence-corrected chi connectivity index (χ2v) is 6.30. The van der Waals surface area contributed by atoms with Crippen molar-refractivity contribution in [2.24, 2.45) is 0 Å². The van der Waals surface area contributed by atoms with Crippen molar-refractivity contribution >= 4 is 29.1 Å². The predicted molar refractivity (Wildman–Crippen MR) is 100 cm³/mol. The molecule has 0 saturated carbocycles. The molecule has 1 saturated heterocycles. The highest BCUT2D eigenvalue weighted by atomic mass is 16.2. The van der Waals surface area contributed by atoms with Crippen LogP contribution in [0.2, 0.25) is 0 Å². The number of hydrogen-bond donors (Lipinski definition) is 2. The molecule has 26 heavy (non-hydrogen) atoms. The van der Waals surface area contributed by atoms with Crippen molar-refractivity contribution in [1.82, 2.24) is 5.32 Å². The lowest BCUT2D eigenvalue weighted by Gasteiger charge is -2.15. The average molecular weight is 351 g/mol. The third-order valence-corrected chi connectivity index (χ3v) is 4.23. The number of hydrogen-bond acceptors (Lipinski definition) is 3. The van der Waals surface area contributed by atoms with Crippen molar-refractivity contribution < 1.29 is 14.4 Å². The van der Waals surface area contributed by atoms with Gasteiger partial charge in [0.15, 0.2) is 0 Å². The van der Waals surface area contributed by atoms with Crippen LogP contribution in [0.1, 0.15) is 28.8 Å². The SMILES string of the molecule is Cc1cccc(NC(=O)CNC(=O)c2ccc(N3CCCC3=O)cc2)c1. The Morgan fingerprint density at radius 2 is 1.88 bits per heavy atom. The van der Waals surface area contributed by atoms with E-state index in [0.29, 0.717) is 24.2 Å². The van der Waals surface area contributed by atoms with E-state index in [9.17, 15) is 14.4 Å². The van der Waals surface area contributed by atoms with Crippen molar-refractivity contribution in [3.05, 3.63) is 59.7 Å².